The minimum Gasteiger partial charge on any atom is -0.462 e. The molecule has 0 aromatic carbocycles. The van der Waals surface area contributed by atoms with E-state index in [1.807, 2.05) is 0 Å². The number of esters is 2. The molecule has 0 fully saturated rings. The van der Waals surface area contributed by atoms with Crippen molar-refractivity contribution in [3.63, 3.8) is 0 Å². The van der Waals surface area contributed by atoms with E-state index in [9.17, 15) is 19.0 Å². The Bertz CT molecular complexity index is 1390. The third-order valence-corrected chi connectivity index (χ3v) is 16.5. The van der Waals surface area contributed by atoms with Crippen LogP contribution in [0.15, 0.2) is 36.5 Å². The van der Waals surface area contributed by atoms with Gasteiger partial charge in [0.05, 0.1) is 13.2 Å². The highest BCUT2D eigenvalue weighted by Gasteiger charge is 2.26. The summed E-state index contributed by atoms with van der Waals surface area (Å²) in [6, 6.07) is 0. The third-order valence-electron chi connectivity index (χ3n) is 15.5. The van der Waals surface area contributed by atoms with Crippen LogP contribution < -0.4 is 5.73 Å². The number of allylic oxidation sites excluding steroid dienone is 6. The first-order chi connectivity index (χ1) is 38.8. The van der Waals surface area contributed by atoms with E-state index in [0.717, 1.165) is 70.6 Å². The lowest BCUT2D eigenvalue weighted by molar-refractivity contribution is -0.161. The first kappa shape index (κ1) is 77.2. The first-order valence-corrected chi connectivity index (χ1v) is 36.0. The molecule has 466 valence electrons. The van der Waals surface area contributed by atoms with Crippen LogP contribution in [-0.4, -0.2) is 49.3 Å². The molecule has 0 rings (SSSR count). The number of carbonyl (C=O) groups is 2. The molecule has 0 amide bonds. The van der Waals surface area contributed by atoms with E-state index in [1.54, 1.807) is 0 Å². The Morgan fingerprint density at radius 1 is 0.380 bits per heavy atom. The van der Waals surface area contributed by atoms with Gasteiger partial charge in [0.25, 0.3) is 0 Å². The largest absolute Gasteiger partial charge is 0.472 e. The second kappa shape index (κ2) is 65.4. The van der Waals surface area contributed by atoms with Gasteiger partial charge in [0.15, 0.2) is 6.10 Å². The van der Waals surface area contributed by atoms with E-state index in [2.05, 4.69) is 50.3 Å². The lowest BCUT2D eigenvalue weighted by atomic mass is 10.0. The minimum absolute atomic E-state index is 0.0520. The van der Waals surface area contributed by atoms with E-state index in [4.69, 9.17) is 24.3 Å². The molecule has 0 saturated carbocycles. The molecule has 0 heterocycles. The predicted molar refractivity (Wildman–Crippen MR) is 340 cm³/mol. The van der Waals surface area contributed by atoms with Crippen molar-refractivity contribution in [1.29, 1.82) is 0 Å². The highest BCUT2D eigenvalue weighted by Crippen LogP contribution is 2.43. The number of phosphoric ester groups is 1. The maximum absolute atomic E-state index is 12.7. The maximum atomic E-state index is 12.7. The minimum atomic E-state index is -4.39. The summed E-state index contributed by atoms with van der Waals surface area (Å²) in [5.41, 5.74) is 5.39. The molecule has 0 aliphatic rings. The van der Waals surface area contributed by atoms with Crippen LogP contribution in [0, 0.1) is 0 Å². The standard InChI is InChI=1S/C69H132NO8P/c1-3-5-7-9-11-13-15-17-19-21-23-25-26-27-28-29-30-31-32-33-34-35-36-37-38-39-40-42-43-45-47-49-51-53-55-57-59-61-68(71)75-65-67(66-77-79(73,74)76-64-63-70)78-69(72)62-60-58-56-54-52-50-48-46-44-41-24-22-20-18-16-14-12-10-8-6-4-2/h16,18,22,24,44,46,67H,3-15,17,19-21,23,25-43,45,47-66,70H2,1-2H3,(H,73,74)/b18-16-,24-22-,46-44-. The van der Waals surface area contributed by atoms with Gasteiger partial charge in [0.2, 0.25) is 0 Å². The Labute approximate surface area is 490 Å². The van der Waals surface area contributed by atoms with E-state index in [-0.39, 0.29) is 38.6 Å². The van der Waals surface area contributed by atoms with Gasteiger partial charge in [-0.3, -0.25) is 18.6 Å². The molecule has 0 saturated heterocycles. The van der Waals surface area contributed by atoms with E-state index >= 15 is 0 Å². The molecule has 3 N–H and O–H groups in total. The zero-order valence-corrected chi connectivity index (χ0v) is 53.3. The summed E-state index contributed by atoms with van der Waals surface area (Å²) in [6.45, 7) is 3.78. The lowest BCUT2D eigenvalue weighted by Crippen LogP contribution is -2.29. The number of unbranched alkanes of at least 4 members (excludes halogenated alkanes) is 47. The fraction of sp³-hybridized carbons (Fsp3) is 0.884. The number of nitrogens with two attached hydrogens (primary N) is 1. The van der Waals surface area contributed by atoms with Crippen LogP contribution in [0.4, 0.5) is 0 Å². The van der Waals surface area contributed by atoms with E-state index < -0.39 is 26.5 Å². The third kappa shape index (κ3) is 65.3. The number of phosphoric acid groups is 1. The van der Waals surface area contributed by atoms with Gasteiger partial charge in [0, 0.05) is 19.4 Å². The molecule has 9 nitrogen and oxygen atoms in total. The topological polar surface area (TPSA) is 134 Å². The van der Waals surface area contributed by atoms with Crippen LogP contribution in [0.5, 0.6) is 0 Å². The van der Waals surface area contributed by atoms with Gasteiger partial charge in [0.1, 0.15) is 6.61 Å². The summed E-state index contributed by atoms with van der Waals surface area (Å²) in [4.78, 5) is 35.3. The van der Waals surface area contributed by atoms with Gasteiger partial charge in [-0.15, -0.1) is 0 Å². The van der Waals surface area contributed by atoms with Crippen molar-refractivity contribution in [2.75, 3.05) is 26.4 Å². The van der Waals surface area contributed by atoms with Crippen molar-refractivity contribution in [1.82, 2.24) is 0 Å². The van der Waals surface area contributed by atoms with Gasteiger partial charge in [-0.05, 0) is 51.4 Å². The van der Waals surface area contributed by atoms with Crippen molar-refractivity contribution < 1.29 is 37.6 Å². The lowest BCUT2D eigenvalue weighted by Gasteiger charge is -2.19. The van der Waals surface area contributed by atoms with Crippen molar-refractivity contribution in [3.05, 3.63) is 36.5 Å². The smallest absolute Gasteiger partial charge is 0.462 e. The van der Waals surface area contributed by atoms with Crippen LogP contribution in [0.25, 0.3) is 0 Å². The molecule has 2 atom stereocenters. The molecule has 2 unspecified atom stereocenters. The number of hydrogen-bond donors (Lipinski definition) is 2. The van der Waals surface area contributed by atoms with Gasteiger partial charge < -0.3 is 20.1 Å². The first-order valence-electron chi connectivity index (χ1n) is 34.5. The summed E-state index contributed by atoms with van der Waals surface area (Å²) in [5.74, 6) is -0.826. The van der Waals surface area contributed by atoms with Crippen molar-refractivity contribution in [3.8, 4) is 0 Å². The van der Waals surface area contributed by atoms with Crippen molar-refractivity contribution >= 4 is 19.8 Å². The summed E-state index contributed by atoms with van der Waals surface area (Å²) in [6.07, 6.45) is 81.1. The number of hydrogen-bond acceptors (Lipinski definition) is 8. The number of rotatable bonds is 66. The predicted octanol–water partition coefficient (Wildman–Crippen LogP) is 22.3. The molecule has 10 heteroatoms. The Kier molecular flexibility index (Phi) is 63.9. The molecule has 0 aliphatic carbocycles. The molecule has 79 heavy (non-hydrogen) atoms. The van der Waals surface area contributed by atoms with Crippen LogP contribution >= 0.6 is 7.82 Å². The Balaban J connectivity index is 3.78. The summed E-state index contributed by atoms with van der Waals surface area (Å²) < 4.78 is 33.1. The summed E-state index contributed by atoms with van der Waals surface area (Å²) in [7, 11) is -4.39. The van der Waals surface area contributed by atoms with Gasteiger partial charge >= 0.3 is 19.8 Å². The summed E-state index contributed by atoms with van der Waals surface area (Å²) in [5, 5.41) is 0. The monoisotopic (exact) mass is 1130 g/mol. The Morgan fingerprint density at radius 2 is 0.658 bits per heavy atom. The normalized spacial score (nSPS) is 13.1. The van der Waals surface area contributed by atoms with Crippen molar-refractivity contribution in [2.24, 2.45) is 5.73 Å². The number of carbonyl (C=O) groups excluding carboxylic acids is 2. The second-order valence-corrected chi connectivity index (χ2v) is 24.9. The highest BCUT2D eigenvalue weighted by atomic mass is 31.2. The van der Waals surface area contributed by atoms with Crippen LogP contribution in [-0.2, 0) is 32.7 Å². The van der Waals surface area contributed by atoms with Gasteiger partial charge in [-0.25, -0.2) is 4.57 Å². The molecule has 0 radical (unpaired) electrons. The van der Waals surface area contributed by atoms with Crippen LogP contribution in [0.2, 0.25) is 0 Å². The zero-order valence-electron chi connectivity index (χ0n) is 52.4. The zero-order chi connectivity index (χ0) is 57.3. The molecule has 0 spiro atoms. The van der Waals surface area contributed by atoms with Gasteiger partial charge in [-0.2, -0.15) is 0 Å². The van der Waals surface area contributed by atoms with Crippen LogP contribution in [0.3, 0.4) is 0 Å². The molecular formula is C69H132NO8P. The highest BCUT2D eigenvalue weighted by molar-refractivity contribution is 7.47. The average molecular weight is 1130 g/mol. The maximum Gasteiger partial charge on any atom is 0.472 e. The number of ether oxygens (including phenoxy) is 2. The fourth-order valence-electron chi connectivity index (χ4n) is 10.4. The SMILES string of the molecule is CCCCCCC/C=C\C/C=C\C/C=C\CCCCCCCCC(=O)OC(COC(=O)CCCCCCCCCCCCCCCCCCCCCCCCCCCCCCCCCCCCCCC)COP(=O)(O)OCCN. The quantitative estimate of drug-likeness (QED) is 0.0264. The molecule has 0 bridgehead atoms. The Morgan fingerprint density at radius 3 is 0.975 bits per heavy atom. The average Bonchev–Trinajstić information content (AvgIpc) is 3.44. The fourth-order valence-corrected chi connectivity index (χ4v) is 11.2. The van der Waals surface area contributed by atoms with Crippen LogP contribution in [0.1, 0.15) is 361 Å². The Hall–Kier alpha value is -1.77. The summed E-state index contributed by atoms with van der Waals surface area (Å²) >= 11 is 0. The molecule has 0 aliphatic heterocycles. The van der Waals surface area contributed by atoms with Crippen molar-refractivity contribution in [2.45, 2.75) is 367 Å². The molecular weight excluding hydrogens is 1000 g/mol. The molecule has 0 aromatic heterocycles. The van der Waals surface area contributed by atoms with Gasteiger partial charge in [-0.1, -0.05) is 333 Å². The van der Waals surface area contributed by atoms with E-state index in [1.165, 1.54) is 257 Å². The van der Waals surface area contributed by atoms with E-state index in [0.29, 0.717) is 6.42 Å². The molecule has 0 aromatic rings. The second-order valence-electron chi connectivity index (χ2n) is 23.4.